The first-order valence-corrected chi connectivity index (χ1v) is 4.61. The minimum absolute atomic E-state index is 0.495. The Bertz CT molecular complexity index is 219. The number of pyridine rings is 1. The molecule has 2 N–H and O–H groups in total. The quantitative estimate of drug-likeness (QED) is 0.635. The lowest BCUT2D eigenvalue weighted by Crippen LogP contribution is -2.00. The maximum absolute atomic E-state index is 5.40. The van der Waals surface area contributed by atoms with Gasteiger partial charge in [0.2, 0.25) is 0 Å². The molecule has 0 aliphatic rings. The van der Waals surface area contributed by atoms with Crippen LogP contribution >= 0.6 is 38.5 Å². The third-order valence-corrected chi connectivity index (χ3v) is 2.03. The number of nitrogens with zero attached hydrogens (tertiary/aromatic N) is 1. The van der Waals surface area contributed by atoms with Gasteiger partial charge in [-0.05, 0) is 34.7 Å². The van der Waals surface area contributed by atoms with Crippen LogP contribution in [0.5, 0.6) is 0 Å². The van der Waals surface area contributed by atoms with E-state index in [4.69, 9.17) is 5.73 Å². The summed E-state index contributed by atoms with van der Waals surface area (Å²) in [5.41, 5.74) is 6.32. The highest BCUT2D eigenvalue weighted by Gasteiger charge is 1.95. The highest BCUT2D eigenvalue weighted by atomic mass is 127. The fraction of sp³-hybridized carbons (Fsp3) is 0.167. The van der Waals surface area contributed by atoms with Crippen molar-refractivity contribution >= 4 is 38.5 Å². The van der Waals surface area contributed by atoms with E-state index in [0.717, 1.165) is 13.9 Å². The lowest BCUT2D eigenvalue weighted by Gasteiger charge is -1.97. The fourth-order valence-corrected chi connectivity index (χ4v) is 2.18. The Morgan fingerprint density at radius 2 is 2.30 bits per heavy atom. The van der Waals surface area contributed by atoms with Gasteiger partial charge in [-0.25, -0.2) is 4.98 Å². The van der Waals surface area contributed by atoms with E-state index in [9.17, 15) is 0 Å². The van der Waals surface area contributed by atoms with Crippen LogP contribution in [0.1, 0.15) is 5.69 Å². The average molecular weight is 313 g/mol. The SMILES string of the molecule is NCc1cc(Br)cc(I)n1. The van der Waals surface area contributed by atoms with Crippen LogP contribution < -0.4 is 5.73 Å². The summed E-state index contributed by atoms with van der Waals surface area (Å²) in [6.45, 7) is 0.495. The van der Waals surface area contributed by atoms with Gasteiger partial charge in [0.05, 0.1) is 5.69 Å². The minimum atomic E-state index is 0.495. The first kappa shape index (κ1) is 8.42. The molecule has 0 atom stereocenters. The molecular weight excluding hydrogens is 307 g/mol. The summed E-state index contributed by atoms with van der Waals surface area (Å²) in [4.78, 5) is 4.18. The molecule has 0 aliphatic heterocycles. The van der Waals surface area contributed by atoms with E-state index in [1.54, 1.807) is 0 Å². The van der Waals surface area contributed by atoms with Crippen LogP contribution in [-0.4, -0.2) is 4.98 Å². The molecule has 0 saturated carbocycles. The standard InChI is InChI=1S/C6H6BrIN2/c7-4-1-5(3-9)10-6(8)2-4/h1-2H,3,9H2. The lowest BCUT2D eigenvalue weighted by atomic mass is 10.4. The van der Waals surface area contributed by atoms with Gasteiger partial charge in [-0.2, -0.15) is 0 Å². The summed E-state index contributed by atoms with van der Waals surface area (Å²) in [6.07, 6.45) is 0. The molecule has 54 valence electrons. The number of rotatable bonds is 1. The molecule has 0 bridgehead atoms. The first-order valence-electron chi connectivity index (χ1n) is 2.74. The van der Waals surface area contributed by atoms with E-state index in [2.05, 4.69) is 43.5 Å². The van der Waals surface area contributed by atoms with Crippen molar-refractivity contribution in [3.8, 4) is 0 Å². The highest BCUT2D eigenvalue weighted by Crippen LogP contribution is 2.13. The Labute approximate surface area is 81.5 Å². The number of aromatic nitrogens is 1. The van der Waals surface area contributed by atoms with Crippen molar-refractivity contribution in [3.63, 3.8) is 0 Å². The smallest absolute Gasteiger partial charge is 0.102 e. The van der Waals surface area contributed by atoms with E-state index in [1.165, 1.54) is 0 Å². The van der Waals surface area contributed by atoms with E-state index in [1.807, 2.05) is 12.1 Å². The van der Waals surface area contributed by atoms with Gasteiger partial charge in [-0.3, -0.25) is 0 Å². The molecule has 0 saturated heterocycles. The Morgan fingerprint density at radius 3 is 2.80 bits per heavy atom. The normalized spacial score (nSPS) is 9.90. The van der Waals surface area contributed by atoms with Gasteiger partial charge >= 0.3 is 0 Å². The van der Waals surface area contributed by atoms with E-state index in [-0.39, 0.29) is 0 Å². The van der Waals surface area contributed by atoms with Crippen LogP contribution in [0, 0.1) is 3.70 Å². The predicted octanol–water partition coefficient (Wildman–Crippen LogP) is 1.91. The van der Waals surface area contributed by atoms with E-state index >= 15 is 0 Å². The zero-order valence-corrected chi connectivity index (χ0v) is 8.89. The fourth-order valence-electron chi connectivity index (χ4n) is 0.621. The van der Waals surface area contributed by atoms with Crippen molar-refractivity contribution in [1.82, 2.24) is 4.98 Å². The van der Waals surface area contributed by atoms with Crippen molar-refractivity contribution in [2.24, 2.45) is 5.73 Å². The molecule has 0 amide bonds. The molecule has 1 aromatic heterocycles. The summed E-state index contributed by atoms with van der Waals surface area (Å²) in [6, 6.07) is 3.86. The van der Waals surface area contributed by atoms with E-state index < -0.39 is 0 Å². The average Bonchev–Trinajstić information content (AvgIpc) is 1.85. The van der Waals surface area contributed by atoms with Crippen LogP contribution in [-0.2, 0) is 6.54 Å². The summed E-state index contributed by atoms with van der Waals surface area (Å²) < 4.78 is 2.00. The van der Waals surface area contributed by atoms with Crippen molar-refractivity contribution in [1.29, 1.82) is 0 Å². The molecule has 4 heteroatoms. The zero-order chi connectivity index (χ0) is 7.56. The summed E-state index contributed by atoms with van der Waals surface area (Å²) >= 11 is 5.51. The maximum Gasteiger partial charge on any atom is 0.102 e. The third-order valence-electron chi connectivity index (χ3n) is 1.02. The molecule has 1 aromatic rings. The van der Waals surface area contributed by atoms with Gasteiger partial charge < -0.3 is 5.73 Å². The number of hydrogen-bond acceptors (Lipinski definition) is 2. The third kappa shape index (κ3) is 2.17. The molecule has 2 nitrogen and oxygen atoms in total. The van der Waals surface area contributed by atoms with Gasteiger partial charge in [0.1, 0.15) is 3.70 Å². The Balaban J connectivity index is 3.06. The molecule has 1 heterocycles. The second kappa shape index (κ2) is 3.64. The van der Waals surface area contributed by atoms with Crippen LogP contribution in [0.25, 0.3) is 0 Å². The van der Waals surface area contributed by atoms with Gasteiger partial charge in [0.15, 0.2) is 0 Å². The number of halogens is 2. The van der Waals surface area contributed by atoms with Crippen LogP contribution in [0.2, 0.25) is 0 Å². The van der Waals surface area contributed by atoms with Crippen molar-refractivity contribution < 1.29 is 0 Å². The van der Waals surface area contributed by atoms with Gasteiger partial charge in [-0.1, -0.05) is 15.9 Å². The molecule has 0 spiro atoms. The molecule has 1 rings (SSSR count). The van der Waals surface area contributed by atoms with E-state index in [0.29, 0.717) is 6.54 Å². The van der Waals surface area contributed by atoms with Crippen LogP contribution in [0.15, 0.2) is 16.6 Å². The Hall–Kier alpha value is 0.320. The monoisotopic (exact) mass is 312 g/mol. The predicted molar refractivity (Wildman–Crippen MR) is 52.5 cm³/mol. The Kier molecular flexibility index (Phi) is 3.06. The van der Waals surface area contributed by atoms with Gasteiger partial charge in [0, 0.05) is 11.0 Å². The number of hydrogen-bond donors (Lipinski definition) is 1. The van der Waals surface area contributed by atoms with Crippen molar-refractivity contribution in [2.45, 2.75) is 6.54 Å². The second-order valence-corrected chi connectivity index (χ2v) is 3.82. The molecule has 0 aliphatic carbocycles. The molecule has 0 radical (unpaired) electrons. The minimum Gasteiger partial charge on any atom is -0.325 e. The largest absolute Gasteiger partial charge is 0.325 e. The maximum atomic E-state index is 5.40. The summed E-state index contributed by atoms with van der Waals surface area (Å²) in [5, 5.41) is 0. The van der Waals surface area contributed by atoms with Crippen molar-refractivity contribution in [3.05, 3.63) is 26.0 Å². The number of nitrogens with two attached hydrogens (primary N) is 1. The topological polar surface area (TPSA) is 38.9 Å². The first-order chi connectivity index (χ1) is 4.72. The second-order valence-electron chi connectivity index (χ2n) is 1.80. The van der Waals surface area contributed by atoms with Gasteiger partial charge in [-0.15, -0.1) is 0 Å². The summed E-state index contributed by atoms with van der Waals surface area (Å²) in [5.74, 6) is 0. The van der Waals surface area contributed by atoms with Crippen LogP contribution in [0.4, 0.5) is 0 Å². The zero-order valence-electron chi connectivity index (χ0n) is 5.14. The molecular formula is C6H6BrIN2. The summed E-state index contributed by atoms with van der Waals surface area (Å²) in [7, 11) is 0. The van der Waals surface area contributed by atoms with Crippen molar-refractivity contribution in [2.75, 3.05) is 0 Å². The lowest BCUT2D eigenvalue weighted by molar-refractivity contribution is 0.976. The molecule has 0 aromatic carbocycles. The Morgan fingerprint density at radius 1 is 1.60 bits per heavy atom. The molecule has 10 heavy (non-hydrogen) atoms. The molecule has 0 fully saturated rings. The van der Waals surface area contributed by atoms with Gasteiger partial charge in [0.25, 0.3) is 0 Å². The molecule has 0 unspecified atom stereocenters. The van der Waals surface area contributed by atoms with Crippen LogP contribution in [0.3, 0.4) is 0 Å². The highest BCUT2D eigenvalue weighted by molar-refractivity contribution is 14.1.